The molecule has 1 aliphatic rings. The summed E-state index contributed by atoms with van der Waals surface area (Å²) in [5.41, 5.74) is 2.10. The molecule has 0 radical (unpaired) electrons. The number of nitrogens with one attached hydrogen (secondary N) is 1. The highest BCUT2D eigenvalue weighted by Gasteiger charge is 2.37. The number of sulfonamides is 2. The lowest BCUT2D eigenvalue weighted by Gasteiger charge is -2.23. The highest BCUT2D eigenvalue weighted by Crippen LogP contribution is 2.37. The molecule has 0 bridgehead atoms. The normalized spacial score (nSPS) is 16.4. The molecule has 0 fully saturated rings. The number of rotatable bonds is 7. The van der Waals surface area contributed by atoms with Crippen molar-refractivity contribution in [3.63, 3.8) is 0 Å². The summed E-state index contributed by atoms with van der Waals surface area (Å²) in [4.78, 5) is -0.0126. The van der Waals surface area contributed by atoms with E-state index in [0.29, 0.717) is 22.5 Å². The van der Waals surface area contributed by atoms with Crippen LogP contribution in [0.4, 0.5) is 10.1 Å². The third kappa shape index (κ3) is 5.08. The van der Waals surface area contributed by atoms with Gasteiger partial charge in [0.15, 0.2) is 0 Å². The Kier molecular flexibility index (Phi) is 6.66. The van der Waals surface area contributed by atoms with E-state index in [1.54, 1.807) is 36.4 Å². The van der Waals surface area contributed by atoms with Crippen molar-refractivity contribution in [2.24, 2.45) is 5.10 Å². The number of hydrogen-bond acceptors (Lipinski definition) is 5. The number of anilines is 1. The standard InChI is InChI=1S/C23H21ClFN3O4S2/c1-2-33(29,30)27-20-12-8-16(9-13-20)22-15-23(17-6-10-19(25)11-7-17)28(26-22)34(31,32)21-5-3-4-18(24)14-21/h3-14,23,27H,2,15H2,1H3/t23-/m1/s1. The molecule has 0 saturated carbocycles. The van der Waals surface area contributed by atoms with Crippen LogP contribution in [0.1, 0.15) is 30.5 Å². The average molecular weight is 522 g/mol. The summed E-state index contributed by atoms with van der Waals surface area (Å²) in [5, 5.41) is 4.69. The lowest BCUT2D eigenvalue weighted by Crippen LogP contribution is -2.27. The minimum absolute atomic E-state index is 0.0126. The number of hydrazone groups is 1. The van der Waals surface area contributed by atoms with Crippen LogP contribution in [0.2, 0.25) is 5.02 Å². The Labute approximate surface area is 203 Å². The van der Waals surface area contributed by atoms with Gasteiger partial charge >= 0.3 is 0 Å². The Morgan fingerprint density at radius 2 is 1.71 bits per heavy atom. The van der Waals surface area contributed by atoms with E-state index in [0.717, 1.165) is 4.41 Å². The Morgan fingerprint density at radius 3 is 2.32 bits per heavy atom. The summed E-state index contributed by atoms with van der Waals surface area (Å²) in [5.74, 6) is -0.491. The van der Waals surface area contributed by atoms with E-state index >= 15 is 0 Å². The number of benzene rings is 3. The van der Waals surface area contributed by atoms with Gasteiger partial charge in [0.1, 0.15) is 5.82 Å². The lowest BCUT2D eigenvalue weighted by atomic mass is 9.99. The molecule has 1 heterocycles. The zero-order valence-electron chi connectivity index (χ0n) is 18.0. The molecule has 4 rings (SSSR count). The molecule has 0 unspecified atom stereocenters. The topological polar surface area (TPSA) is 95.9 Å². The first kappa shape index (κ1) is 24.2. The first-order chi connectivity index (χ1) is 16.1. The van der Waals surface area contributed by atoms with Crippen LogP contribution in [-0.2, 0) is 20.0 Å². The van der Waals surface area contributed by atoms with Gasteiger partial charge < -0.3 is 0 Å². The third-order valence-electron chi connectivity index (χ3n) is 5.34. The molecule has 3 aromatic carbocycles. The van der Waals surface area contributed by atoms with Gasteiger partial charge in [-0.1, -0.05) is 41.9 Å². The second-order valence-corrected chi connectivity index (χ2v) is 11.9. The molecule has 0 saturated heterocycles. The van der Waals surface area contributed by atoms with E-state index in [1.807, 2.05) is 0 Å². The molecule has 0 aliphatic carbocycles. The van der Waals surface area contributed by atoms with Gasteiger partial charge in [0, 0.05) is 17.1 Å². The van der Waals surface area contributed by atoms with Crippen molar-refractivity contribution in [1.82, 2.24) is 4.41 Å². The van der Waals surface area contributed by atoms with Gasteiger partial charge in [-0.2, -0.15) is 17.9 Å². The predicted molar refractivity (Wildman–Crippen MR) is 130 cm³/mol. The Morgan fingerprint density at radius 1 is 1.03 bits per heavy atom. The van der Waals surface area contributed by atoms with Gasteiger partial charge in [-0.05, 0) is 60.5 Å². The van der Waals surface area contributed by atoms with Gasteiger partial charge in [0.2, 0.25) is 10.0 Å². The second kappa shape index (κ2) is 9.36. The molecular formula is C23H21ClFN3O4S2. The van der Waals surface area contributed by atoms with Crippen molar-refractivity contribution >= 4 is 43.0 Å². The summed E-state index contributed by atoms with van der Waals surface area (Å²) < 4.78 is 67.5. The summed E-state index contributed by atoms with van der Waals surface area (Å²) in [6.07, 6.45) is 0.242. The molecule has 1 atom stereocenters. The van der Waals surface area contributed by atoms with Crippen LogP contribution in [0.25, 0.3) is 0 Å². The fourth-order valence-electron chi connectivity index (χ4n) is 3.54. The van der Waals surface area contributed by atoms with E-state index in [2.05, 4.69) is 9.82 Å². The van der Waals surface area contributed by atoms with E-state index in [1.165, 1.54) is 43.3 Å². The predicted octanol–water partition coefficient (Wildman–Crippen LogP) is 4.78. The number of nitrogens with zero attached hydrogens (tertiary/aromatic N) is 2. The molecule has 34 heavy (non-hydrogen) atoms. The molecule has 11 heteroatoms. The van der Waals surface area contributed by atoms with Crippen LogP contribution in [0, 0.1) is 5.82 Å². The molecule has 7 nitrogen and oxygen atoms in total. The van der Waals surface area contributed by atoms with E-state index < -0.39 is 31.9 Å². The van der Waals surface area contributed by atoms with Crippen LogP contribution in [0.5, 0.6) is 0 Å². The van der Waals surface area contributed by atoms with Crippen LogP contribution >= 0.6 is 11.6 Å². The van der Waals surface area contributed by atoms with Crippen LogP contribution in [0.3, 0.4) is 0 Å². The second-order valence-electron chi connectivity index (χ2n) is 7.64. The lowest BCUT2D eigenvalue weighted by molar-refractivity contribution is 0.371. The summed E-state index contributed by atoms with van der Waals surface area (Å²) in [6, 6.07) is 17.3. The molecule has 3 aromatic rings. The molecule has 0 spiro atoms. The smallest absolute Gasteiger partial charge is 0.279 e. The van der Waals surface area contributed by atoms with Crippen molar-refractivity contribution in [3.8, 4) is 0 Å². The van der Waals surface area contributed by atoms with Gasteiger partial charge in [0.05, 0.1) is 22.4 Å². The van der Waals surface area contributed by atoms with Gasteiger partial charge in [-0.15, -0.1) is 0 Å². The van der Waals surface area contributed by atoms with Crippen LogP contribution in [0.15, 0.2) is 82.8 Å². The molecule has 178 valence electrons. The van der Waals surface area contributed by atoms with Crippen molar-refractivity contribution in [1.29, 1.82) is 0 Å². The Bertz CT molecular complexity index is 1440. The molecule has 1 N–H and O–H groups in total. The molecule has 0 aromatic heterocycles. The Hall–Kier alpha value is -2.95. The zero-order chi connectivity index (χ0) is 24.5. The van der Waals surface area contributed by atoms with Crippen molar-refractivity contribution in [2.45, 2.75) is 24.3 Å². The van der Waals surface area contributed by atoms with Gasteiger partial charge in [0.25, 0.3) is 10.0 Å². The maximum atomic E-state index is 13.5. The first-order valence-electron chi connectivity index (χ1n) is 10.3. The molecular weight excluding hydrogens is 501 g/mol. The van der Waals surface area contributed by atoms with Gasteiger partial charge in [-0.3, -0.25) is 4.72 Å². The summed E-state index contributed by atoms with van der Waals surface area (Å²) in [6.45, 7) is 1.54. The highest BCUT2D eigenvalue weighted by molar-refractivity contribution is 7.92. The maximum Gasteiger partial charge on any atom is 0.279 e. The van der Waals surface area contributed by atoms with Crippen LogP contribution in [-0.4, -0.2) is 32.7 Å². The monoisotopic (exact) mass is 521 g/mol. The summed E-state index contributed by atoms with van der Waals surface area (Å²) >= 11 is 6.01. The molecule has 1 aliphatic heterocycles. The van der Waals surface area contributed by atoms with E-state index in [9.17, 15) is 21.2 Å². The van der Waals surface area contributed by atoms with Crippen molar-refractivity contribution < 1.29 is 21.2 Å². The minimum atomic E-state index is -4.07. The highest BCUT2D eigenvalue weighted by atomic mass is 35.5. The van der Waals surface area contributed by atoms with E-state index in [-0.39, 0.29) is 22.1 Å². The molecule has 0 amide bonds. The van der Waals surface area contributed by atoms with Gasteiger partial charge in [-0.25, -0.2) is 12.8 Å². The minimum Gasteiger partial charge on any atom is -0.284 e. The van der Waals surface area contributed by atoms with Crippen molar-refractivity contribution in [3.05, 3.63) is 94.8 Å². The Balaban J connectivity index is 1.72. The first-order valence-corrected chi connectivity index (χ1v) is 13.8. The van der Waals surface area contributed by atoms with Crippen molar-refractivity contribution in [2.75, 3.05) is 10.5 Å². The number of hydrogen-bond donors (Lipinski definition) is 1. The zero-order valence-corrected chi connectivity index (χ0v) is 20.4. The summed E-state index contributed by atoms with van der Waals surface area (Å²) in [7, 11) is -7.49. The largest absolute Gasteiger partial charge is 0.284 e. The average Bonchev–Trinajstić information content (AvgIpc) is 3.26. The number of halogens is 2. The van der Waals surface area contributed by atoms with E-state index in [4.69, 9.17) is 11.6 Å². The fourth-order valence-corrected chi connectivity index (χ4v) is 5.91. The fraction of sp³-hybridized carbons (Fsp3) is 0.174. The maximum absolute atomic E-state index is 13.5. The SMILES string of the molecule is CCS(=O)(=O)Nc1ccc(C2=NN(S(=O)(=O)c3cccc(Cl)c3)[C@@H](c3ccc(F)cc3)C2)cc1. The quantitative estimate of drug-likeness (QED) is 0.484. The van der Waals surface area contributed by atoms with Crippen LogP contribution < -0.4 is 4.72 Å². The third-order valence-corrected chi connectivity index (χ3v) is 8.56.